The normalized spacial score (nSPS) is 10.1. The molecule has 0 fully saturated rings. The molecule has 6 heteroatoms. The zero-order valence-electron chi connectivity index (χ0n) is 13.3. The molecule has 0 heterocycles. The number of esters is 1. The van der Waals surface area contributed by atoms with Gasteiger partial charge in [0.1, 0.15) is 5.75 Å². The fourth-order valence-electron chi connectivity index (χ4n) is 1.94. The monoisotopic (exact) mass is 391 g/mol. The molecule has 0 saturated carbocycles. The van der Waals surface area contributed by atoms with Gasteiger partial charge in [-0.2, -0.15) is 0 Å². The molecule has 0 aromatic heterocycles. The van der Waals surface area contributed by atoms with Crippen molar-refractivity contribution in [2.24, 2.45) is 0 Å². The van der Waals surface area contributed by atoms with Crippen LogP contribution in [0.25, 0.3) is 0 Å². The Morgan fingerprint density at radius 3 is 2.62 bits per heavy atom. The second-order valence-electron chi connectivity index (χ2n) is 5.11. The Labute approximate surface area is 149 Å². The minimum absolute atomic E-state index is 0.248. The van der Waals surface area contributed by atoms with Gasteiger partial charge in [-0.25, -0.2) is 4.79 Å². The maximum absolute atomic E-state index is 11.7. The van der Waals surface area contributed by atoms with Crippen LogP contribution in [0.2, 0.25) is 0 Å². The van der Waals surface area contributed by atoms with Crippen molar-refractivity contribution in [1.29, 1.82) is 0 Å². The zero-order valence-corrected chi connectivity index (χ0v) is 14.8. The van der Waals surface area contributed by atoms with Gasteiger partial charge in [-0.05, 0) is 36.2 Å². The highest BCUT2D eigenvalue weighted by Gasteiger charge is 2.09. The number of aryl methyl sites for hydroxylation is 1. The predicted octanol–water partition coefficient (Wildman–Crippen LogP) is 3.00. The third-order valence-corrected chi connectivity index (χ3v) is 3.75. The van der Waals surface area contributed by atoms with Crippen LogP contribution in [0.15, 0.2) is 53.0 Å². The highest BCUT2D eigenvalue weighted by Crippen LogP contribution is 2.17. The summed E-state index contributed by atoms with van der Waals surface area (Å²) >= 11 is 3.31. The van der Waals surface area contributed by atoms with E-state index in [9.17, 15) is 9.59 Å². The summed E-state index contributed by atoms with van der Waals surface area (Å²) in [5, 5.41) is 2.71. The average Bonchev–Trinajstić information content (AvgIpc) is 2.57. The smallest absolute Gasteiger partial charge is 0.344 e. The Balaban J connectivity index is 1.68. The lowest BCUT2D eigenvalue weighted by Crippen LogP contribution is -2.29. The average molecular weight is 392 g/mol. The largest absolute Gasteiger partial charge is 0.482 e. The van der Waals surface area contributed by atoms with Gasteiger partial charge in [0.05, 0.1) is 0 Å². The van der Waals surface area contributed by atoms with E-state index in [1.165, 1.54) is 0 Å². The van der Waals surface area contributed by atoms with E-state index in [0.717, 1.165) is 15.6 Å². The molecule has 1 N–H and O–H groups in total. The summed E-state index contributed by atoms with van der Waals surface area (Å²) in [6, 6.07) is 14.9. The highest BCUT2D eigenvalue weighted by atomic mass is 79.9. The van der Waals surface area contributed by atoms with Gasteiger partial charge >= 0.3 is 5.97 Å². The first-order chi connectivity index (χ1) is 11.5. The number of amides is 1. The molecule has 2 aromatic carbocycles. The number of hydrogen-bond donors (Lipinski definition) is 1. The molecular formula is C18H18BrNO4. The van der Waals surface area contributed by atoms with Crippen molar-refractivity contribution < 1.29 is 19.1 Å². The molecule has 0 spiro atoms. The fraction of sp³-hybridized carbons (Fsp3) is 0.222. The molecule has 126 valence electrons. The Morgan fingerprint density at radius 1 is 1.08 bits per heavy atom. The lowest BCUT2D eigenvalue weighted by molar-refractivity contribution is -0.150. The van der Waals surface area contributed by atoms with E-state index in [1.54, 1.807) is 18.2 Å². The van der Waals surface area contributed by atoms with Crippen LogP contribution in [0.5, 0.6) is 5.75 Å². The van der Waals surface area contributed by atoms with Crippen LogP contribution in [-0.2, 0) is 20.9 Å². The van der Waals surface area contributed by atoms with Crippen LogP contribution in [0.1, 0.15) is 11.1 Å². The number of carbonyl (C=O) groups excluding carboxylic acids is 2. The third kappa shape index (κ3) is 6.04. The standard InChI is InChI=1S/C18H18BrNO4/c1-13-5-2-3-6-14(13)10-20-17(21)11-24-18(22)12-23-16-8-4-7-15(19)9-16/h2-9H,10-12H2,1H3,(H,20,21). The predicted molar refractivity (Wildman–Crippen MR) is 93.6 cm³/mol. The molecule has 1 amide bonds. The van der Waals surface area contributed by atoms with Crippen molar-refractivity contribution >= 4 is 27.8 Å². The molecule has 0 aliphatic heterocycles. The molecule has 0 aliphatic rings. The Morgan fingerprint density at radius 2 is 1.88 bits per heavy atom. The summed E-state index contributed by atoms with van der Waals surface area (Å²) in [5.41, 5.74) is 2.12. The van der Waals surface area contributed by atoms with E-state index in [2.05, 4.69) is 21.2 Å². The van der Waals surface area contributed by atoms with E-state index in [4.69, 9.17) is 9.47 Å². The number of carbonyl (C=O) groups is 2. The maximum Gasteiger partial charge on any atom is 0.344 e. The molecule has 2 aromatic rings. The first-order valence-electron chi connectivity index (χ1n) is 7.40. The Kier molecular flexibility index (Phi) is 6.81. The van der Waals surface area contributed by atoms with Crippen LogP contribution in [-0.4, -0.2) is 25.1 Å². The van der Waals surface area contributed by atoms with Gasteiger partial charge in [0.15, 0.2) is 13.2 Å². The molecule has 5 nitrogen and oxygen atoms in total. The van der Waals surface area contributed by atoms with E-state index >= 15 is 0 Å². The van der Waals surface area contributed by atoms with Crippen molar-refractivity contribution in [1.82, 2.24) is 5.32 Å². The minimum atomic E-state index is -0.596. The highest BCUT2D eigenvalue weighted by molar-refractivity contribution is 9.10. The second-order valence-corrected chi connectivity index (χ2v) is 6.03. The summed E-state index contributed by atoms with van der Waals surface area (Å²) in [6.07, 6.45) is 0. The fourth-order valence-corrected chi connectivity index (χ4v) is 2.32. The van der Waals surface area contributed by atoms with E-state index in [-0.39, 0.29) is 19.1 Å². The summed E-state index contributed by atoms with van der Waals surface area (Å²) in [7, 11) is 0. The van der Waals surface area contributed by atoms with Gasteiger partial charge in [0, 0.05) is 11.0 Å². The summed E-state index contributed by atoms with van der Waals surface area (Å²) in [6.45, 7) is 1.80. The number of halogens is 1. The van der Waals surface area contributed by atoms with Gasteiger partial charge in [-0.3, -0.25) is 4.79 Å². The van der Waals surface area contributed by atoms with Gasteiger partial charge in [-0.15, -0.1) is 0 Å². The van der Waals surface area contributed by atoms with E-state index < -0.39 is 5.97 Å². The quantitative estimate of drug-likeness (QED) is 0.736. The number of nitrogens with one attached hydrogen (secondary N) is 1. The number of benzene rings is 2. The molecule has 0 unspecified atom stereocenters. The van der Waals surface area contributed by atoms with Gasteiger partial charge < -0.3 is 14.8 Å². The number of hydrogen-bond acceptors (Lipinski definition) is 4. The third-order valence-electron chi connectivity index (χ3n) is 3.25. The van der Waals surface area contributed by atoms with Crippen LogP contribution in [0.3, 0.4) is 0 Å². The van der Waals surface area contributed by atoms with Crippen LogP contribution in [0, 0.1) is 6.92 Å². The minimum Gasteiger partial charge on any atom is -0.482 e. The molecule has 2 rings (SSSR count). The SMILES string of the molecule is Cc1ccccc1CNC(=O)COC(=O)COc1cccc(Br)c1. The number of ether oxygens (including phenoxy) is 2. The summed E-state index contributed by atoms with van der Waals surface area (Å²) in [4.78, 5) is 23.3. The lowest BCUT2D eigenvalue weighted by Gasteiger charge is -2.09. The van der Waals surface area contributed by atoms with Crippen molar-refractivity contribution in [3.05, 3.63) is 64.1 Å². The molecule has 0 saturated heterocycles. The van der Waals surface area contributed by atoms with Crippen LogP contribution < -0.4 is 10.1 Å². The van der Waals surface area contributed by atoms with Gasteiger partial charge in [0.2, 0.25) is 0 Å². The lowest BCUT2D eigenvalue weighted by atomic mass is 10.1. The van der Waals surface area contributed by atoms with Crippen molar-refractivity contribution in [2.45, 2.75) is 13.5 Å². The summed E-state index contributed by atoms with van der Waals surface area (Å²) in [5.74, 6) is -0.402. The first kappa shape index (κ1) is 18.0. The molecule has 24 heavy (non-hydrogen) atoms. The molecule has 0 radical (unpaired) electrons. The number of rotatable bonds is 7. The maximum atomic E-state index is 11.7. The zero-order chi connectivity index (χ0) is 17.4. The second kappa shape index (κ2) is 9.08. The van der Waals surface area contributed by atoms with Gasteiger partial charge in [0.25, 0.3) is 5.91 Å². The molecule has 0 aliphatic carbocycles. The van der Waals surface area contributed by atoms with Crippen molar-refractivity contribution in [3.63, 3.8) is 0 Å². The molecule has 0 bridgehead atoms. The molecule has 0 atom stereocenters. The molecular weight excluding hydrogens is 374 g/mol. The van der Waals surface area contributed by atoms with Crippen molar-refractivity contribution in [3.8, 4) is 5.75 Å². The van der Waals surface area contributed by atoms with E-state index in [1.807, 2.05) is 37.3 Å². The van der Waals surface area contributed by atoms with Crippen LogP contribution >= 0.6 is 15.9 Å². The van der Waals surface area contributed by atoms with E-state index in [0.29, 0.717) is 12.3 Å². The summed E-state index contributed by atoms with van der Waals surface area (Å²) < 4.78 is 11.0. The van der Waals surface area contributed by atoms with Crippen molar-refractivity contribution in [2.75, 3.05) is 13.2 Å². The Hall–Kier alpha value is -2.34. The first-order valence-corrected chi connectivity index (χ1v) is 8.19. The van der Waals surface area contributed by atoms with Gasteiger partial charge in [-0.1, -0.05) is 46.3 Å². The Bertz CT molecular complexity index is 718. The van der Waals surface area contributed by atoms with Crippen LogP contribution in [0.4, 0.5) is 0 Å². The topological polar surface area (TPSA) is 64.6 Å².